The highest BCUT2D eigenvalue weighted by atomic mass is 32.2. The van der Waals surface area contributed by atoms with E-state index >= 15 is 0 Å². The summed E-state index contributed by atoms with van der Waals surface area (Å²) in [6, 6.07) is 1.71. The summed E-state index contributed by atoms with van der Waals surface area (Å²) in [5.41, 5.74) is 0.609. The number of imide groups is 1. The van der Waals surface area contributed by atoms with Crippen LogP contribution in [0.5, 0.6) is 0 Å². The Morgan fingerprint density at radius 1 is 1.43 bits per heavy atom. The monoisotopic (exact) mass is 333 g/mol. The van der Waals surface area contributed by atoms with Crippen LogP contribution in [0.25, 0.3) is 6.08 Å². The minimum Gasteiger partial charge on any atom is -0.354 e. The van der Waals surface area contributed by atoms with E-state index in [1.165, 1.54) is 12.8 Å². The maximum absolute atomic E-state index is 11.5. The van der Waals surface area contributed by atoms with Crippen molar-refractivity contribution in [2.75, 3.05) is 32.0 Å². The Hall–Kier alpha value is -1.93. The number of anilines is 1. The first kappa shape index (κ1) is 15.9. The number of carbonyl (C=O) groups is 2. The van der Waals surface area contributed by atoms with Crippen molar-refractivity contribution < 1.29 is 9.59 Å². The predicted molar refractivity (Wildman–Crippen MR) is 89.8 cm³/mol. The molecule has 122 valence electrons. The van der Waals surface area contributed by atoms with Crippen LogP contribution in [0.1, 0.15) is 18.5 Å². The summed E-state index contributed by atoms with van der Waals surface area (Å²) in [6.07, 6.45) is 5.60. The highest BCUT2D eigenvalue weighted by Gasteiger charge is 2.25. The van der Waals surface area contributed by atoms with Crippen molar-refractivity contribution in [1.82, 2.24) is 20.2 Å². The number of aromatic nitrogens is 2. The van der Waals surface area contributed by atoms with E-state index in [0.29, 0.717) is 22.5 Å². The zero-order valence-corrected chi connectivity index (χ0v) is 13.7. The summed E-state index contributed by atoms with van der Waals surface area (Å²) in [4.78, 5) is 34.0. The molecule has 3 heterocycles. The van der Waals surface area contributed by atoms with Gasteiger partial charge < -0.3 is 10.2 Å². The van der Waals surface area contributed by atoms with Gasteiger partial charge in [0.15, 0.2) is 0 Å². The van der Waals surface area contributed by atoms with Crippen LogP contribution in [-0.2, 0) is 4.79 Å². The molecule has 2 aliphatic rings. The van der Waals surface area contributed by atoms with Gasteiger partial charge in [0, 0.05) is 12.7 Å². The van der Waals surface area contributed by atoms with Crippen LogP contribution >= 0.6 is 11.8 Å². The van der Waals surface area contributed by atoms with Crippen LogP contribution in [0.4, 0.5) is 10.7 Å². The van der Waals surface area contributed by atoms with Crippen LogP contribution in [0.15, 0.2) is 17.2 Å². The summed E-state index contributed by atoms with van der Waals surface area (Å²) >= 11 is 0.887. The van der Waals surface area contributed by atoms with Gasteiger partial charge in [-0.25, -0.2) is 9.97 Å². The van der Waals surface area contributed by atoms with Crippen molar-refractivity contribution in [2.24, 2.45) is 5.92 Å². The molecular formula is C15H19N5O2S. The fraction of sp³-hybridized carbons (Fsp3) is 0.467. The molecule has 2 aliphatic heterocycles. The number of thioether (sulfide) groups is 1. The third-order valence-electron chi connectivity index (χ3n) is 3.99. The maximum Gasteiger partial charge on any atom is 0.290 e. The summed E-state index contributed by atoms with van der Waals surface area (Å²) in [6.45, 7) is 3.10. The number of amides is 2. The van der Waals surface area contributed by atoms with Crippen molar-refractivity contribution >= 4 is 34.9 Å². The number of hydrogen-bond donors (Lipinski definition) is 2. The molecule has 0 spiro atoms. The Morgan fingerprint density at radius 3 is 2.91 bits per heavy atom. The van der Waals surface area contributed by atoms with Gasteiger partial charge in [-0.15, -0.1) is 0 Å². The molecule has 0 unspecified atom stereocenters. The SMILES string of the molecule is CN1CCC(CNc2nccc(/C=C3\SC(=O)NC3=O)n2)CC1. The number of carbonyl (C=O) groups excluding carboxylic acids is 2. The highest BCUT2D eigenvalue weighted by Crippen LogP contribution is 2.25. The molecular weight excluding hydrogens is 314 g/mol. The number of likely N-dealkylation sites (tertiary alicyclic amines) is 1. The molecule has 2 N–H and O–H groups in total. The Labute approximate surface area is 138 Å². The zero-order valence-electron chi connectivity index (χ0n) is 12.9. The fourth-order valence-corrected chi connectivity index (χ4v) is 3.26. The number of rotatable bonds is 4. The third-order valence-corrected chi connectivity index (χ3v) is 4.80. The Balaban J connectivity index is 1.60. The molecule has 2 saturated heterocycles. The lowest BCUT2D eigenvalue weighted by Gasteiger charge is -2.28. The molecule has 0 bridgehead atoms. The lowest BCUT2D eigenvalue weighted by Crippen LogP contribution is -2.33. The minimum absolute atomic E-state index is 0.351. The Bertz CT molecular complexity index is 641. The third kappa shape index (κ3) is 4.29. The largest absolute Gasteiger partial charge is 0.354 e. The summed E-state index contributed by atoms with van der Waals surface area (Å²) in [5.74, 6) is 0.804. The molecule has 0 aliphatic carbocycles. The lowest BCUT2D eigenvalue weighted by atomic mass is 9.97. The van der Waals surface area contributed by atoms with Gasteiger partial charge >= 0.3 is 0 Å². The van der Waals surface area contributed by atoms with E-state index in [4.69, 9.17) is 0 Å². The maximum atomic E-state index is 11.5. The van der Waals surface area contributed by atoms with Crippen LogP contribution in [0, 0.1) is 5.92 Å². The molecule has 8 heteroatoms. The summed E-state index contributed by atoms with van der Waals surface area (Å²) < 4.78 is 0. The normalized spacial score (nSPS) is 21.7. The van der Waals surface area contributed by atoms with E-state index in [1.807, 2.05) is 0 Å². The van der Waals surface area contributed by atoms with Crippen molar-refractivity contribution in [3.8, 4) is 0 Å². The smallest absolute Gasteiger partial charge is 0.290 e. The number of hydrogen-bond acceptors (Lipinski definition) is 7. The van der Waals surface area contributed by atoms with Gasteiger partial charge in [-0.2, -0.15) is 0 Å². The molecule has 0 saturated carbocycles. The van der Waals surface area contributed by atoms with Gasteiger partial charge in [-0.1, -0.05) is 0 Å². The van der Waals surface area contributed by atoms with E-state index in [2.05, 4.69) is 32.5 Å². The van der Waals surface area contributed by atoms with Crippen molar-refractivity contribution in [1.29, 1.82) is 0 Å². The van der Waals surface area contributed by atoms with Crippen molar-refractivity contribution in [3.05, 3.63) is 22.9 Å². The van der Waals surface area contributed by atoms with Crippen LogP contribution in [0.2, 0.25) is 0 Å². The van der Waals surface area contributed by atoms with E-state index in [-0.39, 0.29) is 11.1 Å². The van der Waals surface area contributed by atoms with Gasteiger partial charge in [0.05, 0.1) is 10.6 Å². The average molecular weight is 333 g/mol. The van der Waals surface area contributed by atoms with E-state index in [1.54, 1.807) is 18.3 Å². The second-order valence-electron chi connectivity index (χ2n) is 5.78. The standard InChI is InChI=1S/C15H19N5O2S/c1-20-6-3-10(4-7-20)9-17-14-16-5-2-11(18-14)8-12-13(21)19-15(22)23-12/h2,5,8,10H,3-4,6-7,9H2,1H3,(H,16,17,18)(H,19,21,22)/b12-8-. The second kappa shape index (κ2) is 7.10. The van der Waals surface area contributed by atoms with Gasteiger partial charge in [0.2, 0.25) is 5.95 Å². The highest BCUT2D eigenvalue weighted by molar-refractivity contribution is 8.18. The first-order valence-electron chi connectivity index (χ1n) is 7.60. The predicted octanol–water partition coefficient (Wildman–Crippen LogP) is 1.55. The molecule has 7 nitrogen and oxygen atoms in total. The summed E-state index contributed by atoms with van der Waals surface area (Å²) in [5, 5.41) is 5.15. The molecule has 2 fully saturated rings. The average Bonchev–Trinajstić information content (AvgIpc) is 2.85. The number of nitrogens with zero attached hydrogens (tertiary/aromatic N) is 3. The minimum atomic E-state index is -0.376. The number of nitrogens with one attached hydrogen (secondary N) is 2. The molecule has 23 heavy (non-hydrogen) atoms. The first-order chi connectivity index (χ1) is 11.1. The van der Waals surface area contributed by atoms with E-state index in [9.17, 15) is 9.59 Å². The van der Waals surface area contributed by atoms with Crippen LogP contribution in [-0.4, -0.2) is 52.7 Å². The molecule has 2 amide bonds. The Morgan fingerprint density at radius 2 is 2.22 bits per heavy atom. The fourth-order valence-electron chi connectivity index (χ4n) is 2.60. The Kier molecular flexibility index (Phi) is 4.92. The quantitative estimate of drug-likeness (QED) is 0.808. The van der Waals surface area contributed by atoms with E-state index in [0.717, 1.165) is 31.4 Å². The molecule has 0 aromatic carbocycles. The molecule has 1 aromatic heterocycles. The topological polar surface area (TPSA) is 87.2 Å². The van der Waals surface area contributed by atoms with E-state index < -0.39 is 0 Å². The molecule has 0 radical (unpaired) electrons. The number of piperidine rings is 1. The molecule has 3 rings (SSSR count). The second-order valence-corrected chi connectivity index (χ2v) is 6.80. The van der Waals surface area contributed by atoms with Gasteiger partial charge in [-0.3, -0.25) is 14.9 Å². The molecule has 1 aromatic rings. The molecule has 0 atom stereocenters. The van der Waals surface area contributed by atoms with Crippen molar-refractivity contribution in [2.45, 2.75) is 12.8 Å². The van der Waals surface area contributed by atoms with Crippen molar-refractivity contribution in [3.63, 3.8) is 0 Å². The van der Waals surface area contributed by atoms with Gasteiger partial charge in [0.1, 0.15) is 0 Å². The van der Waals surface area contributed by atoms with Crippen LogP contribution in [0.3, 0.4) is 0 Å². The first-order valence-corrected chi connectivity index (χ1v) is 8.42. The van der Waals surface area contributed by atoms with Crippen LogP contribution < -0.4 is 10.6 Å². The van der Waals surface area contributed by atoms with Gasteiger partial charge in [-0.05, 0) is 62.8 Å². The zero-order chi connectivity index (χ0) is 16.2. The van der Waals surface area contributed by atoms with Gasteiger partial charge in [0.25, 0.3) is 11.1 Å². The lowest BCUT2D eigenvalue weighted by molar-refractivity contribution is -0.115. The summed E-state index contributed by atoms with van der Waals surface area (Å²) in [7, 11) is 2.14.